The van der Waals surface area contributed by atoms with E-state index in [2.05, 4.69) is 33.8 Å². The van der Waals surface area contributed by atoms with Gasteiger partial charge in [-0.1, -0.05) is 43.4 Å². The standard InChI is InChI=1S/C38H39F7N4O7S2/c1-21(2)24-16-28(57-19-24)32(50)49-14-15-54-36(20-49)9-12-48(13-10-36)18-23-5-3-4-22(29(23)39)8-11-46-17-27(56-34(52)38(43,44)45)25-6-7-26(55-33(51)37(40,41)42)30-31(25)58-35(53)47-30/h3-7,16,19,21,27,46H,8-15,17-18,20H2,1-2H3,(H,47,53)/t27-/m0/s1. The Morgan fingerprint density at radius 2 is 1.71 bits per heavy atom. The Hall–Kier alpha value is -4.37. The van der Waals surface area contributed by atoms with Gasteiger partial charge in [0, 0.05) is 43.9 Å². The third-order valence-corrected chi connectivity index (χ3v) is 12.0. The number of fused-ring (bicyclic) bond motifs is 1. The highest BCUT2D eigenvalue weighted by atomic mass is 32.1. The van der Waals surface area contributed by atoms with Crippen molar-refractivity contribution >= 4 is 50.7 Å². The highest BCUT2D eigenvalue weighted by Crippen LogP contribution is 2.36. The number of H-pyrrole nitrogens is 1. The van der Waals surface area contributed by atoms with E-state index in [-0.39, 0.29) is 29.1 Å². The van der Waals surface area contributed by atoms with E-state index in [4.69, 9.17) is 9.47 Å². The van der Waals surface area contributed by atoms with Crippen LogP contribution >= 0.6 is 22.7 Å². The van der Waals surface area contributed by atoms with Crippen LogP contribution < -0.4 is 14.9 Å². The summed E-state index contributed by atoms with van der Waals surface area (Å²) in [4.78, 5) is 54.9. The molecule has 1 spiro atoms. The van der Waals surface area contributed by atoms with Crippen LogP contribution in [0.4, 0.5) is 30.7 Å². The number of halogens is 7. The van der Waals surface area contributed by atoms with Crippen LogP contribution in [0.5, 0.6) is 5.75 Å². The van der Waals surface area contributed by atoms with E-state index in [1.54, 1.807) is 18.2 Å². The fourth-order valence-electron chi connectivity index (χ4n) is 6.94. The van der Waals surface area contributed by atoms with Gasteiger partial charge in [-0.25, -0.2) is 14.0 Å². The molecule has 2 N–H and O–H groups in total. The van der Waals surface area contributed by atoms with Crippen molar-refractivity contribution in [2.45, 2.75) is 69.6 Å². The molecular weight excluding hydrogens is 822 g/mol. The Labute approximate surface area is 335 Å². The second-order valence-electron chi connectivity index (χ2n) is 14.4. The normalized spacial score (nSPS) is 16.9. The summed E-state index contributed by atoms with van der Waals surface area (Å²) in [5.74, 6) is -6.02. The molecule has 2 saturated heterocycles. The summed E-state index contributed by atoms with van der Waals surface area (Å²) in [5.41, 5.74) is 0.769. The summed E-state index contributed by atoms with van der Waals surface area (Å²) in [7, 11) is 0. The molecule has 1 atom stereocenters. The van der Waals surface area contributed by atoms with E-state index >= 15 is 4.39 Å². The van der Waals surface area contributed by atoms with E-state index in [1.165, 1.54) is 11.3 Å². The number of esters is 2. The van der Waals surface area contributed by atoms with Crippen LogP contribution in [0.15, 0.2) is 46.6 Å². The van der Waals surface area contributed by atoms with Crippen molar-refractivity contribution in [2.24, 2.45) is 0 Å². The number of carbonyl (C=O) groups excluding carboxylic acids is 3. The van der Waals surface area contributed by atoms with Crippen molar-refractivity contribution in [1.29, 1.82) is 0 Å². The summed E-state index contributed by atoms with van der Waals surface area (Å²) >= 11 is 1.84. The molecular formula is C38H39F7N4O7S2. The van der Waals surface area contributed by atoms with E-state index in [0.717, 1.165) is 17.7 Å². The molecule has 2 fully saturated rings. The lowest BCUT2D eigenvalue weighted by Gasteiger charge is -2.47. The van der Waals surface area contributed by atoms with Gasteiger partial charge in [0.1, 0.15) is 17.4 Å². The van der Waals surface area contributed by atoms with Gasteiger partial charge in [-0.15, -0.1) is 11.3 Å². The molecule has 2 aromatic carbocycles. The predicted molar refractivity (Wildman–Crippen MR) is 200 cm³/mol. The average molecular weight is 861 g/mol. The minimum Gasteiger partial charge on any atom is -0.449 e. The van der Waals surface area contributed by atoms with Gasteiger partial charge in [0.05, 0.1) is 28.3 Å². The number of thiophene rings is 1. The van der Waals surface area contributed by atoms with E-state index in [9.17, 15) is 45.5 Å². The Kier molecular flexibility index (Phi) is 13.0. The van der Waals surface area contributed by atoms with Gasteiger partial charge >= 0.3 is 29.2 Å². The summed E-state index contributed by atoms with van der Waals surface area (Å²) < 4.78 is 109. The first-order chi connectivity index (χ1) is 27.3. The molecule has 4 heterocycles. The topological polar surface area (TPSA) is 130 Å². The van der Waals surface area contributed by atoms with Crippen LogP contribution in [0.2, 0.25) is 0 Å². The minimum absolute atomic E-state index is 0.00270. The number of aromatic amines is 1. The average Bonchev–Trinajstić information content (AvgIpc) is 3.82. The number of rotatable bonds is 12. The summed E-state index contributed by atoms with van der Waals surface area (Å²) in [6.07, 6.45) is -11.1. The molecule has 1 amide bonds. The molecule has 2 aliphatic rings. The van der Waals surface area contributed by atoms with Crippen LogP contribution in [0.1, 0.15) is 70.6 Å². The molecule has 0 aliphatic carbocycles. The summed E-state index contributed by atoms with van der Waals surface area (Å²) in [6.45, 7) is 6.61. The zero-order valence-electron chi connectivity index (χ0n) is 31.2. The van der Waals surface area contributed by atoms with Crippen LogP contribution in [0.25, 0.3) is 10.2 Å². The Morgan fingerprint density at radius 1 is 1.00 bits per heavy atom. The molecule has 0 saturated carbocycles. The number of morpholine rings is 1. The molecule has 2 aliphatic heterocycles. The van der Waals surface area contributed by atoms with Crippen molar-refractivity contribution in [3.63, 3.8) is 0 Å². The van der Waals surface area contributed by atoms with Gasteiger partial charge in [-0.3, -0.25) is 14.5 Å². The van der Waals surface area contributed by atoms with Gasteiger partial charge in [0.2, 0.25) is 0 Å². The molecule has 314 valence electrons. The molecule has 4 aromatic rings. The van der Waals surface area contributed by atoms with Crippen molar-refractivity contribution in [2.75, 3.05) is 45.9 Å². The predicted octanol–water partition coefficient (Wildman–Crippen LogP) is 6.87. The van der Waals surface area contributed by atoms with E-state index in [1.807, 2.05) is 16.3 Å². The number of ether oxygens (including phenoxy) is 3. The number of alkyl halides is 6. The van der Waals surface area contributed by atoms with Gasteiger partial charge in [0.15, 0.2) is 5.75 Å². The molecule has 0 radical (unpaired) electrons. The van der Waals surface area contributed by atoms with Gasteiger partial charge in [-0.05, 0) is 66.4 Å². The molecule has 20 heteroatoms. The first kappa shape index (κ1) is 43.2. The monoisotopic (exact) mass is 860 g/mol. The zero-order valence-corrected chi connectivity index (χ0v) is 32.8. The van der Waals surface area contributed by atoms with Crippen molar-refractivity contribution in [3.8, 4) is 5.75 Å². The third-order valence-electron chi connectivity index (χ3n) is 10.1. The smallest absolute Gasteiger partial charge is 0.449 e. The SMILES string of the molecule is CC(C)c1csc(C(=O)N2CCOC3(CCN(Cc4cccc(CCNC[C@H](OC(=O)C(F)(F)F)c5ccc(OC(=O)C(F)(F)F)c6[nH]c(=O)sc56)c4F)CC3)C2)c1. The number of amides is 1. The molecule has 2 aromatic heterocycles. The highest BCUT2D eigenvalue weighted by Gasteiger charge is 2.44. The van der Waals surface area contributed by atoms with Crippen LogP contribution in [-0.4, -0.2) is 96.5 Å². The van der Waals surface area contributed by atoms with Crippen LogP contribution in [0, 0.1) is 5.82 Å². The number of nitrogens with one attached hydrogen (secondary N) is 2. The number of hydrogen-bond donors (Lipinski definition) is 2. The minimum atomic E-state index is -5.41. The number of carbonyl (C=O) groups is 3. The second kappa shape index (κ2) is 17.5. The summed E-state index contributed by atoms with van der Waals surface area (Å²) in [6, 6.07) is 8.68. The van der Waals surface area contributed by atoms with Gasteiger partial charge in [0.25, 0.3) is 5.91 Å². The lowest BCUT2D eigenvalue weighted by Crippen LogP contribution is -2.57. The lowest BCUT2D eigenvalue weighted by atomic mass is 9.89. The summed E-state index contributed by atoms with van der Waals surface area (Å²) in [5, 5.41) is 4.85. The van der Waals surface area contributed by atoms with Crippen molar-refractivity contribution in [3.05, 3.63) is 84.4 Å². The fourth-order valence-corrected chi connectivity index (χ4v) is 8.89. The second-order valence-corrected chi connectivity index (χ2v) is 16.3. The Bertz CT molecular complexity index is 2190. The molecule has 11 nitrogen and oxygen atoms in total. The maximum absolute atomic E-state index is 15.8. The maximum Gasteiger partial charge on any atom is 0.491 e. The Balaban J connectivity index is 1.07. The quantitative estimate of drug-likeness (QED) is 0.0679. The Morgan fingerprint density at radius 3 is 2.38 bits per heavy atom. The third kappa shape index (κ3) is 10.1. The fraction of sp³-hybridized carbons (Fsp3) is 0.474. The first-order valence-electron chi connectivity index (χ1n) is 18.3. The number of benzene rings is 2. The number of hydrogen-bond acceptors (Lipinski definition) is 11. The molecule has 0 unspecified atom stereocenters. The largest absolute Gasteiger partial charge is 0.491 e. The first-order valence-corrected chi connectivity index (χ1v) is 20.0. The number of piperidine rings is 1. The lowest BCUT2D eigenvalue weighted by molar-refractivity contribution is -0.205. The highest BCUT2D eigenvalue weighted by molar-refractivity contribution is 7.16. The van der Waals surface area contributed by atoms with Crippen molar-refractivity contribution in [1.82, 2.24) is 20.1 Å². The van der Waals surface area contributed by atoms with E-state index in [0.29, 0.717) is 85.4 Å². The maximum atomic E-state index is 15.8. The molecule has 0 bridgehead atoms. The van der Waals surface area contributed by atoms with Crippen LogP contribution in [0.3, 0.4) is 0 Å². The number of thiazole rings is 1. The van der Waals surface area contributed by atoms with Gasteiger partial charge in [-0.2, -0.15) is 26.3 Å². The molecule has 58 heavy (non-hydrogen) atoms. The number of likely N-dealkylation sites (tertiary alicyclic amines) is 1. The molecule has 6 rings (SSSR count). The van der Waals surface area contributed by atoms with Crippen LogP contribution in [-0.2, 0) is 32.0 Å². The number of aromatic nitrogens is 1. The zero-order chi connectivity index (χ0) is 42.0. The van der Waals surface area contributed by atoms with E-state index < -0.39 is 64.5 Å². The van der Waals surface area contributed by atoms with Crippen molar-refractivity contribution < 1.29 is 59.3 Å². The van der Waals surface area contributed by atoms with Gasteiger partial charge < -0.3 is 29.4 Å². The number of nitrogens with zero attached hydrogens (tertiary/aromatic N) is 2.